The van der Waals surface area contributed by atoms with E-state index in [-0.39, 0.29) is 22.2 Å². The minimum Gasteiger partial charge on any atom is -0.478 e. The summed E-state index contributed by atoms with van der Waals surface area (Å²) in [5.74, 6) is -0.138. The van der Waals surface area contributed by atoms with E-state index in [0.29, 0.717) is 26.4 Å². The van der Waals surface area contributed by atoms with Crippen LogP contribution in [0.2, 0.25) is 5.02 Å². The van der Waals surface area contributed by atoms with E-state index in [1.165, 1.54) is 34.6 Å². The van der Waals surface area contributed by atoms with E-state index in [4.69, 9.17) is 21.0 Å². The molecule has 3 aromatic heterocycles. The topological polar surface area (TPSA) is 84.8 Å². The van der Waals surface area contributed by atoms with Crippen LogP contribution in [0.1, 0.15) is 44.6 Å². The quantitative estimate of drug-likeness (QED) is 0.287. The molecule has 5 aromatic rings. The molecule has 6 nitrogen and oxygen atoms in total. The molecule has 9 heteroatoms. The van der Waals surface area contributed by atoms with Crippen LogP contribution in [-0.4, -0.2) is 15.6 Å². The highest BCUT2D eigenvalue weighted by Gasteiger charge is 2.33. The molecule has 1 aliphatic heterocycles. The van der Waals surface area contributed by atoms with E-state index in [1.807, 2.05) is 22.1 Å². The maximum Gasteiger partial charge on any atom is 0.337 e. The molecule has 4 heterocycles. The fraction of sp³-hybridized carbons (Fsp3) is 0.100. The van der Waals surface area contributed by atoms with Crippen molar-refractivity contribution in [2.24, 2.45) is 4.99 Å². The van der Waals surface area contributed by atoms with E-state index >= 15 is 0 Å². The Hall–Kier alpha value is -3.98. The summed E-state index contributed by atoms with van der Waals surface area (Å²) in [7, 11) is 0. The average molecular weight is 571 g/mol. The van der Waals surface area contributed by atoms with Crippen molar-refractivity contribution < 1.29 is 14.3 Å². The summed E-state index contributed by atoms with van der Waals surface area (Å²) in [6.07, 6.45) is 3.49. The normalized spacial score (nSPS) is 16.4. The number of fused-ring (bicyclic) bond motifs is 3. The number of carboxylic acids is 1. The van der Waals surface area contributed by atoms with Crippen molar-refractivity contribution in [1.29, 1.82) is 0 Å². The molecular formula is C30H19ClN2O4S2. The largest absolute Gasteiger partial charge is 0.478 e. The minimum absolute atomic E-state index is 0.000423. The lowest BCUT2D eigenvalue weighted by molar-refractivity contribution is 0.0697. The Morgan fingerprint density at radius 2 is 1.97 bits per heavy atom. The van der Waals surface area contributed by atoms with Gasteiger partial charge < -0.3 is 9.52 Å². The third-order valence-electron chi connectivity index (χ3n) is 7.07. The highest BCUT2D eigenvalue weighted by atomic mass is 35.5. The predicted octanol–water partition coefficient (Wildman–Crippen LogP) is 5.99. The zero-order chi connectivity index (χ0) is 26.7. The molecule has 0 amide bonds. The van der Waals surface area contributed by atoms with Crippen molar-refractivity contribution in [1.82, 2.24) is 4.57 Å². The molecule has 2 aliphatic rings. The number of halogens is 1. The van der Waals surface area contributed by atoms with Gasteiger partial charge in [-0.2, -0.15) is 0 Å². The van der Waals surface area contributed by atoms with Gasteiger partial charge in [0.2, 0.25) is 0 Å². The molecule has 192 valence electrons. The lowest BCUT2D eigenvalue weighted by Crippen LogP contribution is -2.38. The molecule has 1 atom stereocenters. The summed E-state index contributed by atoms with van der Waals surface area (Å²) in [4.78, 5) is 32.1. The first-order valence-corrected chi connectivity index (χ1v) is 14.3. The first-order chi connectivity index (χ1) is 19.0. The number of carbonyl (C=O) groups is 1. The standard InChI is InChI=1S/C30H19ClN2O4S2/c31-22-11-8-17(14-21(22)29(35)36)23-12-9-18(37-23)15-25-28(34)33-27(24-6-3-13-38-24)20-10-7-16-4-1-2-5-19(16)26(20)32-30(33)39-25/h1-6,8-9,11-15,27H,7,10H2,(H,35,36)/b25-15+. The van der Waals surface area contributed by atoms with Crippen molar-refractivity contribution in [3.63, 3.8) is 0 Å². The van der Waals surface area contributed by atoms with Gasteiger partial charge in [-0.3, -0.25) is 9.36 Å². The summed E-state index contributed by atoms with van der Waals surface area (Å²) in [5, 5.41) is 11.6. The molecule has 0 saturated carbocycles. The van der Waals surface area contributed by atoms with Crippen LogP contribution < -0.4 is 14.9 Å². The third kappa shape index (κ3) is 4.03. The summed E-state index contributed by atoms with van der Waals surface area (Å²) in [6.45, 7) is 0. The molecule has 0 saturated heterocycles. The highest BCUT2D eigenvalue weighted by molar-refractivity contribution is 7.10. The fourth-order valence-corrected chi connectivity index (χ4v) is 7.30. The molecule has 0 radical (unpaired) electrons. The van der Waals surface area contributed by atoms with Crippen molar-refractivity contribution in [3.8, 4) is 11.3 Å². The number of rotatable bonds is 4. The molecule has 1 N–H and O–H groups in total. The number of carboxylic acid groups (broad SMARTS) is 1. The Labute approximate surface area is 235 Å². The zero-order valence-electron chi connectivity index (χ0n) is 20.3. The van der Waals surface area contributed by atoms with Crippen molar-refractivity contribution >= 4 is 52.0 Å². The maximum absolute atomic E-state index is 13.8. The summed E-state index contributed by atoms with van der Waals surface area (Å²) in [5.41, 5.74) is 5.03. The fourth-order valence-electron chi connectivity index (χ4n) is 5.28. The molecule has 0 bridgehead atoms. The average Bonchev–Trinajstić information content (AvgIpc) is 3.70. The number of hydrogen-bond acceptors (Lipinski definition) is 6. The maximum atomic E-state index is 13.8. The second kappa shape index (κ2) is 9.34. The number of aromatic nitrogens is 1. The van der Waals surface area contributed by atoms with Crippen LogP contribution in [0.4, 0.5) is 0 Å². The van der Waals surface area contributed by atoms with Gasteiger partial charge in [-0.25, -0.2) is 9.79 Å². The second-order valence-corrected chi connectivity index (χ2v) is 11.7. The SMILES string of the molecule is O=C(O)c1cc(-c2ccc(/C=c3/sc4n(c3=O)C(c3cccs3)C3=C(N=4)c4ccccc4CC3)o2)ccc1Cl. The number of thiazole rings is 1. The van der Waals surface area contributed by atoms with E-state index in [0.717, 1.165) is 29.0 Å². The van der Waals surface area contributed by atoms with Gasteiger partial charge in [0, 0.05) is 22.1 Å². The monoisotopic (exact) mass is 570 g/mol. The Morgan fingerprint density at radius 3 is 2.79 bits per heavy atom. The zero-order valence-corrected chi connectivity index (χ0v) is 22.6. The first kappa shape index (κ1) is 24.1. The van der Waals surface area contributed by atoms with Crippen LogP contribution in [-0.2, 0) is 6.42 Å². The molecular weight excluding hydrogens is 552 g/mol. The van der Waals surface area contributed by atoms with Crippen LogP contribution in [0.5, 0.6) is 0 Å². The number of nitrogens with zero attached hydrogens (tertiary/aromatic N) is 2. The van der Waals surface area contributed by atoms with Gasteiger partial charge >= 0.3 is 5.97 Å². The van der Waals surface area contributed by atoms with Gasteiger partial charge in [0.25, 0.3) is 5.56 Å². The van der Waals surface area contributed by atoms with E-state index < -0.39 is 5.97 Å². The molecule has 7 rings (SSSR count). The summed E-state index contributed by atoms with van der Waals surface area (Å²) < 4.78 is 8.34. The van der Waals surface area contributed by atoms with Gasteiger partial charge in [-0.15, -0.1) is 11.3 Å². The van der Waals surface area contributed by atoms with Crippen LogP contribution in [0.25, 0.3) is 23.1 Å². The predicted molar refractivity (Wildman–Crippen MR) is 153 cm³/mol. The summed E-state index contributed by atoms with van der Waals surface area (Å²) >= 11 is 9.01. The van der Waals surface area contributed by atoms with Gasteiger partial charge in [0.1, 0.15) is 11.5 Å². The lowest BCUT2D eigenvalue weighted by atomic mass is 9.85. The number of aromatic carboxylic acids is 1. The van der Waals surface area contributed by atoms with E-state index in [2.05, 4.69) is 24.3 Å². The van der Waals surface area contributed by atoms with Gasteiger partial charge in [-0.1, -0.05) is 53.3 Å². The molecule has 2 aromatic carbocycles. The summed E-state index contributed by atoms with van der Waals surface area (Å²) in [6, 6.07) is 20.5. The first-order valence-electron chi connectivity index (χ1n) is 12.3. The Morgan fingerprint density at radius 1 is 1.10 bits per heavy atom. The van der Waals surface area contributed by atoms with Gasteiger partial charge in [0.05, 0.1) is 26.9 Å². The molecule has 1 aliphatic carbocycles. The Bertz CT molecular complexity index is 2000. The van der Waals surface area contributed by atoms with E-state index in [9.17, 15) is 14.7 Å². The van der Waals surface area contributed by atoms with Crippen molar-refractivity contribution in [2.75, 3.05) is 0 Å². The van der Waals surface area contributed by atoms with Crippen LogP contribution >= 0.6 is 34.3 Å². The van der Waals surface area contributed by atoms with Crippen LogP contribution in [0.15, 0.2) is 91.9 Å². The Kier molecular flexibility index (Phi) is 5.77. The third-order valence-corrected chi connectivity index (χ3v) is 9.30. The Balaban J connectivity index is 1.36. The van der Waals surface area contributed by atoms with Gasteiger partial charge in [0.15, 0.2) is 4.80 Å². The molecule has 39 heavy (non-hydrogen) atoms. The number of benzene rings is 2. The van der Waals surface area contributed by atoms with Crippen molar-refractivity contribution in [2.45, 2.75) is 18.9 Å². The number of thiophene rings is 1. The minimum atomic E-state index is -1.11. The number of furan rings is 1. The van der Waals surface area contributed by atoms with E-state index in [1.54, 1.807) is 35.6 Å². The lowest BCUT2D eigenvalue weighted by Gasteiger charge is -2.30. The smallest absolute Gasteiger partial charge is 0.337 e. The van der Waals surface area contributed by atoms with Crippen molar-refractivity contribution in [3.05, 3.63) is 130 Å². The number of hydrogen-bond donors (Lipinski definition) is 1. The molecule has 1 unspecified atom stereocenters. The van der Waals surface area contributed by atoms with Crippen LogP contribution in [0.3, 0.4) is 0 Å². The molecule has 0 fully saturated rings. The van der Waals surface area contributed by atoms with Crippen LogP contribution in [0, 0.1) is 0 Å². The number of allylic oxidation sites excluding steroid dienone is 1. The highest BCUT2D eigenvalue weighted by Crippen LogP contribution is 2.42. The molecule has 0 spiro atoms. The second-order valence-electron chi connectivity index (χ2n) is 9.33. The number of aryl methyl sites for hydroxylation is 1. The van der Waals surface area contributed by atoms with Gasteiger partial charge in [-0.05, 0) is 65.8 Å².